The monoisotopic (exact) mass is 421 g/mol. The zero-order chi connectivity index (χ0) is 21.6. The molecule has 0 aliphatic heterocycles. The molecule has 0 radical (unpaired) electrons. The highest BCUT2D eigenvalue weighted by Crippen LogP contribution is 2.31. The Morgan fingerprint density at radius 1 is 1.10 bits per heavy atom. The fraction of sp³-hybridized carbons (Fsp3) is 0.190. The SMILES string of the molecule is COc1ccc(-c2noc(COC(=O)c3cn(Cc4ccccc4)nn3)n2)c(OC)c1. The van der Waals surface area contributed by atoms with Crippen LogP contribution in [0.3, 0.4) is 0 Å². The van der Waals surface area contributed by atoms with Crippen molar-refractivity contribution in [3.8, 4) is 22.9 Å². The third kappa shape index (κ3) is 4.69. The molecule has 0 fully saturated rings. The third-order valence-corrected chi connectivity index (χ3v) is 4.38. The van der Waals surface area contributed by atoms with Crippen molar-refractivity contribution < 1.29 is 23.5 Å². The first-order valence-electron chi connectivity index (χ1n) is 9.32. The molecule has 0 spiro atoms. The number of ether oxygens (including phenoxy) is 3. The molecule has 2 heterocycles. The third-order valence-electron chi connectivity index (χ3n) is 4.38. The van der Waals surface area contributed by atoms with E-state index in [9.17, 15) is 4.79 Å². The lowest BCUT2D eigenvalue weighted by Gasteiger charge is -2.07. The molecular weight excluding hydrogens is 402 g/mol. The van der Waals surface area contributed by atoms with E-state index < -0.39 is 5.97 Å². The van der Waals surface area contributed by atoms with E-state index in [4.69, 9.17) is 18.7 Å². The summed E-state index contributed by atoms with van der Waals surface area (Å²) in [7, 11) is 3.10. The van der Waals surface area contributed by atoms with E-state index in [0.717, 1.165) is 5.56 Å². The van der Waals surface area contributed by atoms with E-state index in [2.05, 4.69) is 20.5 Å². The highest BCUT2D eigenvalue weighted by molar-refractivity contribution is 5.86. The van der Waals surface area contributed by atoms with Gasteiger partial charge in [-0.25, -0.2) is 9.48 Å². The molecule has 0 aliphatic carbocycles. The predicted octanol–water partition coefficient (Wildman–Crippen LogP) is 2.75. The number of rotatable bonds is 8. The quantitative estimate of drug-likeness (QED) is 0.396. The number of hydrogen-bond donors (Lipinski definition) is 0. The average molecular weight is 421 g/mol. The van der Waals surface area contributed by atoms with Gasteiger partial charge in [-0.1, -0.05) is 40.7 Å². The summed E-state index contributed by atoms with van der Waals surface area (Å²) in [5.74, 6) is 0.968. The highest BCUT2D eigenvalue weighted by Gasteiger charge is 2.17. The van der Waals surface area contributed by atoms with Crippen LogP contribution in [-0.2, 0) is 17.9 Å². The van der Waals surface area contributed by atoms with Crippen molar-refractivity contribution in [3.63, 3.8) is 0 Å². The maximum atomic E-state index is 12.3. The number of carbonyl (C=O) groups is 1. The Labute approximate surface area is 177 Å². The Morgan fingerprint density at radius 2 is 1.94 bits per heavy atom. The summed E-state index contributed by atoms with van der Waals surface area (Å²) in [6.07, 6.45) is 1.52. The molecule has 2 aromatic heterocycles. The highest BCUT2D eigenvalue weighted by atomic mass is 16.6. The second-order valence-corrected chi connectivity index (χ2v) is 6.44. The van der Waals surface area contributed by atoms with Crippen molar-refractivity contribution in [3.05, 3.63) is 71.9 Å². The molecule has 158 valence electrons. The Balaban J connectivity index is 1.38. The fourth-order valence-corrected chi connectivity index (χ4v) is 2.85. The molecule has 0 bridgehead atoms. The molecular formula is C21H19N5O5. The van der Waals surface area contributed by atoms with E-state index in [0.29, 0.717) is 29.4 Å². The van der Waals surface area contributed by atoms with Gasteiger partial charge in [-0.05, 0) is 17.7 Å². The fourth-order valence-electron chi connectivity index (χ4n) is 2.85. The van der Waals surface area contributed by atoms with Crippen LogP contribution < -0.4 is 9.47 Å². The minimum atomic E-state index is -0.638. The van der Waals surface area contributed by atoms with E-state index in [1.165, 1.54) is 13.3 Å². The normalized spacial score (nSPS) is 10.6. The first-order chi connectivity index (χ1) is 15.2. The van der Waals surface area contributed by atoms with Gasteiger partial charge in [0.15, 0.2) is 12.3 Å². The van der Waals surface area contributed by atoms with Gasteiger partial charge in [0.05, 0.1) is 32.5 Å². The van der Waals surface area contributed by atoms with Crippen LogP contribution in [0.2, 0.25) is 0 Å². The molecule has 2 aromatic carbocycles. The Kier molecular flexibility index (Phi) is 5.88. The summed E-state index contributed by atoms with van der Waals surface area (Å²) in [5.41, 5.74) is 1.75. The number of benzene rings is 2. The Bertz CT molecular complexity index is 1170. The predicted molar refractivity (Wildman–Crippen MR) is 108 cm³/mol. The molecule has 10 heteroatoms. The van der Waals surface area contributed by atoms with Crippen LogP contribution >= 0.6 is 0 Å². The Morgan fingerprint density at radius 3 is 2.71 bits per heavy atom. The molecule has 4 aromatic rings. The number of nitrogens with zero attached hydrogens (tertiary/aromatic N) is 5. The molecule has 0 aliphatic rings. The van der Waals surface area contributed by atoms with Crippen molar-refractivity contribution in [1.82, 2.24) is 25.1 Å². The number of methoxy groups -OCH3 is 2. The van der Waals surface area contributed by atoms with Crippen molar-refractivity contribution >= 4 is 5.97 Å². The minimum Gasteiger partial charge on any atom is -0.497 e. The van der Waals surface area contributed by atoms with Crippen LogP contribution in [0.15, 0.2) is 59.3 Å². The summed E-state index contributed by atoms with van der Waals surface area (Å²) < 4.78 is 22.5. The molecule has 0 saturated heterocycles. The van der Waals surface area contributed by atoms with Crippen molar-refractivity contribution in [2.24, 2.45) is 0 Å². The lowest BCUT2D eigenvalue weighted by molar-refractivity contribution is 0.0422. The van der Waals surface area contributed by atoms with E-state index in [-0.39, 0.29) is 18.2 Å². The smallest absolute Gasteiger partial charge is 0.361 e. The zero-order valence-corrected chi connectivity index (χ0v) is 16.9. The molecule has 0 saturated carbocycles. The largest absolute Gasteiger partial charge is 0.497 e. The Hall–Kier alpha value is -4.21. The molecule has 0 unspecified atom stereocenters. The maximum absolute atomic E-state index is 12.3. The summed E-state index contributed by atoms with van der Waals surface area (Å²) in [6.45, 7) is 0.299. The van der Waals surface area contributed by atoms with Crippen molar-refractivity contribution in [1.29, 1.82) is 0 Å². The minimum absolute atomic E-state index is 0.0903. The first kappa shape index (κ1) is 20.1. The van der Waals surface area contributed by atoms with Crippen LogP contribution in [0, 0.1) is 0 Å². The number of hydrogen-bond acceptors (Lipinski definition) is 9. The van der Waals surface area contributed by atoms with Crippen molar-refractivity contribution in [2.45, 2.75) is 13.2 Å². The van der Waals surface area contributed by atoms with Gasteiger partial charge in [0.2, 0.25) is 5.82 Å². The van der Waals surface area contributed by atoms with E-state index >= 15 is 0 Å². The topological polar surface area (TPSA) is 114 Å². The average Bonchev–Trinajstić information content (AvgIpc) is 3.47. The van der Waals surface area contributed by atoms with Gasteiger partial charge in [0, 0.05) is 6.07 Å². The van der Waals surface area contributed by atoms with Crippen LogP contribution in [-0.4, -0.2) is 45.3 Å². The van der Waals surface area contributed by atoms with Gasteiger partial charge in [0.25, 0.3) is 5.89 Å². The summed E-state index contributed by atoms with van der Waals surface area (Å²) in [4.78, 5) is 16.5. The van der Waals surface area contributed by atoms with Crippen LogP contribution in [0.5, 0.6) is 11.5 Å². The molecule has 0 atom stereocenters. The van der Waals surface area contributed by atoms with Gasteiger partial charge < -0.3 is 18.7 Å². The molecule has 0 amide bonds. The second kappa shape index (κ2) is 9.08. The first-order valence-corrected chi connectivity index (χ1v) is 9.32. The second-order valence-electron chi connectivity index (χ2n) is 6.44. The van der Waals surface area contributed by atoms with E-state index in [1.54, 1.807) is 30.0 Å². The number of aromatic nitrogens is 5. The lowest BCUT2D eigenvalue weighted by atomic mass is 10.2. The van der Waals surface area contributed by atoms with Crippen LogP contribution in [0.1, 0.15) is 21.9 Å². The standard InChI is InChI=1S/C21H19N5O5/c1-28-15-8-9-16(18(10-15)29-2)20-22-19(31-24-20)13-30-21(27)17-12-26(25-23-17)11-14-6-4-3-5-7-14/h3-10,12H,11,13H2,1-2H3. The molecule has 0 N–H and O–H groups in total. The maximum Gasteiger partial charge on any atom is 0.361 e. The van der Waals surface area contributed by atoms with Crippen molar-refractivity contribution in [2.75, 3.05) is 14.2 Å². The molecule has 31 heavy (non-hydrogen) atoms. The molecule has 4 rings (SSSR count). The van der Waals surface area contributed by atoms with E-state index in [1.807, 2.05) is 30.3 Å². The molecule has 10 nitrogen and oxygen atoms in total. The van der Waals surface area contributed by atoms with Crippen LogP contribution in [0.25, 0.3) is 11.4 Å². The summed E-state index contributed by atoms with van der Waals surface area (Å²) in [6, 6.07) is 14.9. The van der Waals surface area contributed by atoms with Gasteiger partial charge in [-0.3, -0.25) is 0 Å². The number of carbonyl (C=O) groups excluding carboxylic acids is 1. The summed E-state index contributed by atoms with van der Waals surface area (Å²) >= 11 is 0. The summed E-state index contributed by atoms with van der Waals surface area (Å²) in [5, 5.41) is 11.7. The van der Waals surface area contributed by atoms with Gasteiger partial charge >= 0.3 is 5.97 Å². The van der Waals surface area contributed by atoms with Gasteiger partial charge in [-0.15, -0.1) is 5.10 Å². The van der Waals surface area contributed by atoms with Crippen LogP contribution in [0.4, 0.5) is 0 Å². The zero-order valence-electron chi connectivity index (χ0n) is 16.9. The van der Waals surface area contributed by atoms with Gasteiger partial charge in [0.1, 0.15) is 11.5 Å². The number of esters is 1. The lowest BCUT2D eigenvalue weighted by Crippen LogP contribution is -2.06. The van der Waals surface area contributed by atoms with Gasteiger partial charge in [-0.2, -0.15) is 4.98 Å².